The first-order valence-corrected chi connectivity index (χ1v) is 13.2. The van der Waals surface area contributed by atoms with E-state index in [9.17, 15) is 24.3 Å². The summed E-state index contributed by atoms with van der Waals surface area (Å²) < 4.78 is 0. The number of hydrogen-bond acceptors (Lipinski definition) is 6. The number of aliphatic carboxylic acids is 1. The van der Waals surface area contributed by atoms with E-state index in [2.05, 4.69) is 30.9 Å². The summed E-state index contributed by atoms with van der Waals surface area (Å²) in [5, 5.41) is 18.2. The number of aromatic nitrogens is 3. The zero-order chi connectivity index (χ0) is 29.4. The summed E-state index contributed by atoms with van der Waals surface area (Å²) in [4.78, 5) is 60.9. The molecule has 4 aromatic rings. The van der Waals surface area contributed by atoms with Crippen LogP contribution in [0.1, 0.15) is 23.7 Å². The van der Waals surface area contributed by atoms with Crippen LogP contribution in [0.25, 0.3) is 10.9 Å². The fourth-order valence-corrected chi connectivity index (χ4v) is 4.46. The quantitative estimate of drug-likeness (QED) is 0.126. The molecule has 8 N–H and O–H groups in total. The van der Waals surface area contributed by atoms with Crippen molar-refractivity contribution >= 4 is 34.6 Å². The van der Waals surface area contributed by atoms with Gasteiger partial charge in [0.05, 0.1) is 12.4 Å². The normalized spacial score (nSPS) is 14.0. The molecule has 12 heteroatoms. The fraction of sp³-hybridized carbons (Fsp3) is 0.276. The van der Waals surface area contributed by atoms with E-state index in [0.717, 1.165) is 22.0 Å². The molecule has 4 rings (SSSR count). The Morgan fingerprint density at radius 1 is 0.854 bits per heavy atom. The van der Waals surface area contributed by atoms with Gasteiger partial charge in [-0.1, -0.05) is 48.5 Å². The molecule has 0 aliphatic heterocycles. The second-order valence-electron chi connectivity index (χ2n) is 9.83. The third-order valence-corrected chi connectivity index (χ3v) is 6.71. The van der Waals surface area contributed by atoms with E-state index < -0.39 is 47.9 Å². The van der Waals surface area contributed by atoms with Gasteiger partial charge in [-0.15, -0.1) is 0 Å². The molecule has 0 fully saturated rings. The predicted octanol–water partition coefficient (Wildman–Crippen LogP) is 0.805. The summed E-state index contributed by atoms with van der Waals surface area (Å²) in [5.74, 6) is -3.05. The number of rotatable bonds is 13. The van der Waals surface area contributed by atoms with Crippen LogP contribution in [-0.4, -0.2) is 67.9 Å². The van der Waals surface area contributed by atoms with Gasteiger partial charge in [0.25, 0.3) is 0 Å². The molecular weight excluding hydrogens is 526 g/mol. The number of nitrogens with zero attached hydrogens (tertiary/aromatic N) is 1. The largest absolute Gasteiger partial charge is 0.480 e. The van der Waals surface area contributed by atoms with Gasteiger partial charge in [-0.25, -0.2) is 9.78 Å². The molecule has 214 valence electrons. The molecule has 3 amide bonds. The first-order chi connectivity index (χ1) is 19.7. The third-order valence-electron chi connectivity index (χ3n) is 6.71. The molecule has 0 radical (unpaired) electrons. The number of carboxylic acid groups (broad SMARTS) is 1. The summed E-state index contributed by atoms with van der Waals surface area (Å²) in [6.45, 7) is 1.44. The van der Waals surface area contributed by atoms with Crippen LogP contribution in [-0.2, 0) is 38.4 Å². The highest BCUT2D eigenvalue weighted by Gasteiger charge is 2.29. The Hall–Kier alpha value is -4.97. The number of carbonyl (C=O) groups is 4. The van der Waals surface area contributed by atoms with Crippen molar-refractivity contribution in [1.29, 1.82) is 0 Å². The Balaban J connectivity index is 1.46. The van der Waals surface area contributed by atoms with E-state index >= 15 is 0 Å². The number of amides is 3. The highest BCUT2D eigenvalue weighted by atomic mass is 16.4. The number of fused-ring (bicyclic) bond motifs is 1. The summed E-state index contributed by atoms with van der Waals surface area (Å²) in [6.07, 6.45) is 5.04. The lowest BCUT2D eigenvalue weighted by Crippen LogP contribution is -2.57. The molecule has 0 aliphatic rings. The minimum Gasteiger partial charge on any atom is -0.480 e. The average molecular weight is 560 g/mol. The van der Waals surface area contributed by atoms with Gasteiger partial charge in [-0.05, 0) is 30.5 Å². The minimum atomic E-state index is -1.24. The molecular formula is C29H33N7O5. The number of carbonyl (C=O) groups excluding carboxylic acids is 3. The summed E-state index contributed by atoms with van der Waals surface area (Å²) >= 11 is 0. The predicted molar refractivity (Wildman–Crippen MR) is 152 cm³/mol. The van der Waals surface area contributed by atoms with Gasteiger partial charge in [0.2, 0.25) is 17.7 Å². The molecule has 2 aromatic carbocycles. The molecule has 4 atom stereocenters. The second-order valence-corrected chi connectivity index (χ2v) is 9.83. The van der Waals surface area contributed by atoms with E-state index in [1.54, 1.807) is 6.20 Å². The topological polar surface area (TPSA) is 195 Å². The van der Waals surface area contributed by atoms with E-state index in [0.29, 0.717) is 5.69 Å². The molecule has 2 aromatic heterocycles. The maximum Gasteiger partial charge on any atom is 0.326 e. The Kier molecular flexibility index (Phi) is 9.48. The van der Waals surface area contributed by atoms with E-state index in [1.807, 2.05) is 54.6 Å². The van der Waals surface area contributed by atoms with Gasteiger partial charge >= 0.3 is 5.97 Å². The fourth-order valence-electron chi connectivity index (χ4n) is 4.46. The van der Waals surface area contributed by atoms with Crippen molar-refractivity contribution in [3.8, 4) is 0 Å². The van der Waals surface area contributed by atoms with Crippen LogP contribution in [0, 0.1) is 0 Å². The number of imidazole rings is 1. The smallest absolute Gasteiger partial charge is 0.326 e. The first-order valence-electron chi connectivity index (χ1n) is 13.2. The second kappa shape index (κ2) is 13.4. The van der Waals surface area contributed by atoms with Gasteiger partial charge in [0.15, 0.2) is 0 Å². The summed E-state index contributed by atoms with van der Waals surface area (Å²) in [6, 6.07) is 12.6. The average Bonchev–Trinajstić information content (AvgIpc) is 3.62. The number of H-pyrrole nitrogens is 2. The minimum absolute atomic E-state index is 0.0136. The molecule has 12 nitrogen and oxygen atoms in total. The van der Waals surface area contributed by atoms with Crippen molar-refractivity contribution in [2.75, 3.05) is 0 Å². The van der Waals surface area contributed by atoms with E-state index in [1.165, 1.54) is 19.4 Å². The van der Waals surface area contributed by atoms with Crippen LogP contribution in [0.4, 0.5) is 0 Å². The maximum absolute atomic E-state index is 13.4. The van der Waals surface area contributed by atoms with Crippen LogP contribution in [0.15, 0.2) is 73.3 Å². The molecule has 0 saturated carbocycles. The van der Waals surface area contributed by atoms with Crippen LogP contribution < -0.4 is 21.7 Å². The molecule has 41 heavy (non-hydrogen) atoms. The monoisotopic (exact) mass is 559 g/mol. The van der Waals surface area contributed by atoms with Gasteiger partial charge < -0.3 is 36.8 Å². The number of aromatic amines is 2. The lowest BCUT2D eigenvalue weighted by Gasteiger charge is -2.23. The molecule has 2 heterocycles. The molecule has 4 unspecified atom stereocenters. The van der Waals surface area contributed by atoms with Crippen molar-refractivity contribution in [2.45, 2.75) is 50.4 Å². The standard InChI is InChI=1S/C29H33N7O5/c1-17(26(37)36-25(29(40)41)13-20-15-31-16-33-20)34-28(39)24(12-19-14-32-23-10-6-5-9-21(19)23)35-27(38)22(30)11-18-7-3-2-4-8-18/h2-10,14-17,22,24-25,32H,11-13,30H2,1H3,(H,31,33)(H,34,39)(H,35,38)(H,36,37)(H,40,41). The lowest BCUT2D eigenvalue weighted by molar-refractivity contribution is -0.142. The molecule has 0 saturated heterocycles. The third kappa shape index (κ3) is 7.79. The van der Waals surface area contributed by atoms with Crippen LogP contribution >= 0.6 is 0 Å². The van der Waals surface area contributed by atoms with Gasteiger partial charge in [-0.2, -0.15) is 0 Å². The highest BCUT2D eigenvalue weighted by Crippen LogP contribution is 2.19. The Labute approximate surface area is 236 Å². The van der Waals surface area contributed by atoms with Gasteiger partial charge in [0, 0.05) is 41.8 Å². The SMILES string of the molecule is CC(NC(=O)C(Cc1c[nH]c2ccccc12)NC(=O)C(N)Cc1ccccc1)C(=O)NC(Cc1cnc[nH]1)C(=O)O. The van der Waals surface area contributed by atoms with E-state index in [-0.39, 0.29) is 19.3 Å². The van der Waals surface area contributed by atoms with Crippen molar-refractivity contribution < 1.29 is 24.3 Å². The highest BCUT2D eigenvalue weighted by molar-refractivity contribution is 5.94. The van der Waals surface area contributed by atoms with Crippen molar-refractivity contribution in [3.63, 3.8) is 0 Å². The molecule has 0 spiro atoms. The van der Waals surface area contributed by atoms with Gasteiger partial charge in [-0.3, -0.25) is 14.4 Å². The number of carboxylic acids is 1. The molecule has 0 bridgehead atoms. The molecule has 0 aliphatic carbocycles. The van der Waals surface area contributed by atoms with E-state index in [4.69, 9.17) is 5.73 Å². The number of nitrogens with two attached hydrogens (primary N) is 1. The van der Waals surface area contributed by atoms with Gasteiger partial charge in [0.1, 0.15) is 18.1 Å². The lowest BCUT2D eigenvalue weighted by atomic mass is 10.0. The van der Waals surface area contributed by atoms with Crippen LogP contribution in [0.3, 0.4) is 0 Å². The van der Waals surface area contributed by atoms with Crippen molar-refractivity contribution in [1.82, 2.24) is 30.9 Å². The van der Waals surface area contributed by atoms with Crippen LogP contribution in [0.2, 0.25) is 0 Å². The number of para-hydroxylation sites is 1. The number of nitrogens with one attached hydrogen (secondary N) is 5. The van der Waals surface area contributed by atoms with Crippen molar-refractivity contribution in [2.24, 2.45) is 5.73 Å². The number of benzene rings is 2. The Morgan fingerprint density at radius 2 is 1.56 bits per heavy atom. The summed E-state index contributed by atoms with van der Waals surface area (Å²) in [5.41, 5.74) is 9.25. The van der Waals surface area contributed by atoms with Crippen LogP contribution in [0.5, 0.6) is 0 Å². The Morgan fingerprint density at radius 3 is 2.27 bits per heavy atom. The number of hydrogen-bond donors (Lipinski definition) is 7. The first kappa shape index (κ1) is 29.0. The zero-order valence-corrected chi connectivity index (χ0v) is 22.5. The maximum atomic E-state index is 13.4. The summed E-state index contributed by atoms with van der Waals surface area (Å²) in [7, 11) is 0. The Bertz CT molecular complexity index is 1490. The zero-order valence-electron chi connectivity index (χ0n) is 22.5. The van der Waals surface area contributed by atoms with Crippen molar-refractivity contribution in [3.05, 3.63) is 90.1 Å².